The topological polar surface area (TPSA) is 25.8 Å². The summed E-state index contributed by atoms with van der Waals surface area (Å²) < 4.78 is 0. The monoisotopic (exact) mass is 252 g/mol. The quantitative estimate of drug-likeness (QED) is 0.799. The Morgan fingerprint density at radius 1 is 1.16 bits per heavy atom. The van der Waals surface area contributed by atoms with Crippen LogP contribution in [0.5, 0.6) is 0 Å². The first kappa shape index (κ1) is 13.5. The molecule has 2 heteroatoms. The summed E-state index contributed by atoms with van der Waals surface area (Å²) in [5, 5.41) is 0. The molecule has 1 aromatic heterocycles. The summed E-state index contributed by atoms with van der Waals surface area (Å²) >= 11 is 0. The lowest BCUT2D eigenvalue weighted by molar-refractivity contribution is 1.12. The Labute approximate surface area is 115 Å². The molecule has 0 fully saturated rings. The predicted octanol–water partition coefficient (Wildman–Crippen LogP) is 4.52. The highest BCUT2D eigenvalue weighted by Crippen LogP contribution is 2.18. The third-order valence-corrected chi connectivity index (χ3v) is 3.21. The van der Waals surface area contributed by atoms with Crippen LogP contribution in [0.2, 0.25) is 0 Å². The summed E-state index contributed by atoms with van der Waals surface area (Å²) in [4.78, 5) is 8.95. The average molecular weight is 252 g/mol. The van der Waals surface area contributed by atoms with E-state index >= 15 is 0 Å². The number of benzene rings is 1. The maximum Gasteiger partial charge on any atom is 0.159 e. The second-order valence-corrected chi connectivity index (χ2v) is 4.64. The van der Waals surface area contributed by atoms with Crippen molar-refractivity contribution in [3.05, 3.63) is 53.9 Å². The van der Waals surface area contributed by atoms with Gasteiger partial charge in [0.05, 0.1) is 0 Å². The fourth-order valence-corrected chi connectivity index (χ4v) is 2.04. The van der Waals surface area contributed by atoms with Gasteiger partial charge in [-0.2, -0.15) is 0 Å². The molecule has 0 bridgehead atoms. The lowest BCUT2D eigenvalue weighted by Crippen LogP contribution is -1.92. The van der Waals surface area contributed by atoms with Crippen molar-refractivity contribution in [1.29, 1.82) is 0 Å². The van der Waals surface area contributed by atoms with Crippen molar-refractivity contribution in [2.45, 2.75) is 33.6 Å². The number of hydrogen-bond acceptors (Lipinski definition) is 2. The van der Waals surface area contributed by atoms with Crippen molar-refractivity contribution in [3.63, 3.8) is 0 Å². The van der Waals surface area contributed by atoms with Crippen molar-refractivity contribution >= 4 is 5.57 Å². The first-order valence-corrected chi connectivity index (χ1v) is 6.83. The molecule has 1 aromatic carbocycles. The molecule has 0 saturated carbocycles. The molecule has 0 unspecified atom stereocenters. The molecular formula is C17H20N2. The zero-order valence-electron chi connectivity index (χ0n) is 11.9. The van der Waals surface area contributed by atoms with E-state index in [1.54, 1.807) is 0 Å². The van der Waals surface area contributed by atoms with Gasteiger partial charge in [-0.1, -0.05) is 38.1 Å². The number of aryl methyl sites for hydroxylation is 1. The molecule has 0 atom stereocenters. The molecule has 2 aromatic rings. The van der Waals surface area contributed by atoms with Gasteiger partial charge in [0.25, 0.3) is 0 Å². The number of rotatable bonds is 4. The van der Waals surface area contributed by atoms with Crippen molar-refractivity contribution < 1.29 is 0 Å². The van der Waals surface area contributed by atoms with E-state index in [4.69, 9.17) is 0 Å². The Morgan fingerprint density at radius 2 is 1.89 bits per heavy atom. The second kappa shape index (κ2) is 6.28. The van der Waals surface area contributed by atoms with E-state index in [2.05, 4.69) is 61.1 Å². The lowest BCUT2D eigenvalue weighted by atomic mass is 10.1. The van der Waals surface area contributed by atoms with Gasteiger partial charge in [-0.3, -0.25) is 0 Å². The Bertz CT molecular complexity index is 568. The SMILES string of the molecule is CC/C=C(/C)c1cnc(-c2cccc(CC)c2)nc1. The maximum absolute atomic E-state index is 4.48. The van der Waals surface area contributed by atoms with Crippen LogP contribution in [-0.2, 0) is 6.42 Å². The van der Waals surface area contributed by atoms with Gasteiger partial charge in [-0.25, -0.2) is 9.97 Å². The molecule has 98 valence electrons. The predicted molar refractivity (Wildman–Crippen MR) is 80.8 cm³/mol. The normalized spacial score (nSPS) is 11.6. The van der Waals surface area contributed by atoms with Crippen molar-refractivity contribution in [2.24, 2.45) is 0 Å². The van der Waals surface area contributed by atoms with E-state index in [-0.39, 0.29) is 0 Å². The fraction of sp³-hybridized carbons (Fsp3) is 0.294. The van der Waals surface area contributed by atoms with Crippen LogP contribution >= 0.6 is 0 Å². The second-order valence-electron chi connectivity index (χ2n) is 4.64. The third-order valence-electron chi connectivity index (χ3n) is 3.21. The van der Waals surface area contributed by atoms with E-state index in [9.17, 15) is 0 Å². The Balaban J connectivity index is 2.29. The van der Waals surface area contributed by atoms with Gasteiger partial charge in [-0.15, -0.1) is 0 Å². The largest absolute Gasteiger partial charge is 0.236 e. The van der Waals surface area contributed by atoms with Gasteiger partial charge >= 0.3 is 0 Å². The molecule has 0 spiro atoms. The van der Waals surface area contributed by atoms with Crippen molar-refractivity contribution in [1.82, 2.24) is 9.97 Å². The molecule has 2 nitrogen and oxygen atoms in total. The smallest absolute Gasteiger partial charge is 0.159 e. The van der Waals surface area contributed by atoms with Crippen molar-refractivity contribution in [3.8, 4) is 11.4 Å². The van der Waals surface area contributed by atoms with Gasteiger partial charge in [0.2, 0.25) is 0 Å². The number of hydrogen-bond donors (Lipinski definition) is 0. The van der Waals surface area contributed by atoms with E-state index < -0.39 is 0 Å². The van der Waals surface area contributed by atoms with Gasteiger partial charge in [-0.05, 0) is 37.0 Å². The summed E-state index contributed by atoms with van der Waals surface area (Å²) in [7, 11) is 0. The number of aromatic nitrogens is 2. The minimum absolute atomic E-state index is 0.795. The molecule has 0 amide bonds. The summed E-state index contributed by atoms with van der Waals surface area (Å²) in [5.41, 5.74) is 4.73. The number of nitrogens with zero attached hydrogens (tertiary/aromatic N) is 2. The Hall–Kier alpha value is -1.96. The molecule has 1 heterocycles. The standard InChI is InChI=1S/C17H20N2/c1-4-7-13(3)16-11-18-17(19-12-16)15-9-6-8-14(5-2)10-15/h6-12H,4-5H2,1-3H3/b13-7-. The lowest BCUT2D eigenvalue weighted by Gasteiger charge is -2.04. The van der Waals surface area contributed by atoms with Crippen LogP contribution in [0.3, 0.4) is 0 Å². The van der Waals surface area contributed by atoms with E-state index in [1.165, 1.54) is 11.1 Å². The van der Waals surface area contributed by atoms with Gasteiger partial charge in [0, 0.05) is 23.5 Å². The molecular weight excluding hydrogens is 232 g/mol. The first-order chi connectivity index (χ1) is 9.24. The highest BCUT2D eigenvalue weighted by atomic mass is 14.9. The van der Waals surface area contributed by atoms with E-state index in [0.717, 1.165) is 29.8 Å². The Kier molecular flexibility index (Phi) is 4.45. The molecule has 0 N–H and O–H groups in total. The van der Waals surface area contributed by atoms with Gasteiger partial charge < -0.3 is 0 Å². The number of allylic oxidation sites excluding steroid dienone is 2. The average Bonchev–Trinajstić information content (AvgIpc) is 2.48. The minimum atomic E-state index is 0.795. The summed E-state index contributed by atoms with van der Waals surface area (Å²) in [6.45, 7) is 6.39. The van der Waals surface area contributed by atoms with Crippen LogP contribution in [0.1, 0.15) is 38.3 Å². The first-order valence-electron chi connectivity index (χ1n) is 6.83. The van der Waals surface area contributed by atoms with Gasteiger partial charge in [0.15, 0.2) is 5.82 Å². The molecule has 19 heavy (non-hydrogen) atoms. The summed E-state index contributed by atoms with van der Waals surface area (Å²) in [6, 6.07) is 8.41. The minimum Gasteiger partial charge on any atom is -0.236 e. The molecule has 0 saturated heterocycles. The van der Waals surface area contributed by atoms with Crippen LogP contribution in [0.15, 0.2) is 42.7 Å². The van der Waals surface area contributed by atoms with Gasteiger partial charge in [0.1, 0.15) is 0 Å². The molecule has 0 aliphatic carbocycles. The zero-order valence-corrected chi connectivity index (χ0v) is 11.9. The third kappa shape index (κ3) is 3.28. The molecule has 0 radical (unpaired) electrons. The van der Waals surface area contributed by atoms with Crippen LogP contribution in [-0.4, -0.2) is 9.97 Å². The van der Waals surface area contributed by atoms with E-state index in [1.807, 2.05) is 12.4 Å². The molecule has 0 aliphatic heterocycles. The summed E-state index contributed by atoms with van der Waals surface area (Å²) in [6.07, 6.45) is 8.07. The maximum atomic E-state index is 4.48. The zero-order chi connectivity index (χ0) is 13.7. The van der Waals surface area contributed by atoms with Crippen LogP contribution in [0, 0.1) is 0 Å². The summed E-state index contributed by atoms with van der Waals surface area (Å²) in [5.74, 6) is 0.795. The highest BCUT2D eigenvalue weighted by molar-refractivity contribution is 5.63. The van der Waals surface area contributed by atoms with Crippen LogP contribution < -0.4 is 0 Å². The molecule has 0 aliphatic rings. The van der Waals surface area contributed by atoms with E-state index in [0.29, 0.717) is 0 Å². The fourth-order valence-electron chi connectivity index (χ4n) is 2.04. The van der Waals surface area contributed by atoms with Crippen LogP contribution in [0.4, 0.5) is 0 Å². The Morgan fingerprint density at radius 3 is 2.53 bits per heavy atom. The van der Waals surface area contributed by atoms with Crippen LogP contribution in [0.25, 0.3) is 17.0 Å². The van der Waals surface area contributed by atoms with Crippen molar-refractivity contribution in [2.75, 3.05) is 0 Å². The highest BCUT2D eigenvalue weighted by Gasteiger charge is 2.03. The molecule has 2 rings (SSSR count).